The maximum Gasteiger partial charge on any atom is 0.263 e. The van der Waals surface area contributed by atoms with Crippen molar-refractivity contribution in [3.05, 3.63) is 46.5 Å². The van der Waals surface area contributed by atoms with E-state index in [-0.39, 0.29) is 11.9 Å². The molecule has 1 N–H and O–H groups in total. The summed E-state index contributed by atoms with van der Waals surface area (Å²) in [7, 11) is 0. The minimum atomic E-state index is 0.139. The van der Waals surface area contributed by atoms with Gasteiger partial charge in [-0.3, -0.25) is 9.48 Å². The van der Waals surface area contributed by atoms with Gasteiger partial charge in [0.15, 0.2) is 5.82 Å². The number of likely N-dealkylation sites (tertiary alicyclic amines) is 1. The summed E-state index contributed by atoms with van der Waals surface area (Å²) in [5.74, 6) is 1.03. The van der Waals surface area contributed by atoms with Gasteiger partial charge < -0.3 is 14.8 Å². The van der Waals surface area contributed by atoms with E-state index in [4.69, 9.17) is 5.10 Å². The summed E-state index contributed by atoms with van der Waals surface area (Å²) in [6, 6.07) is 6.20. The van der Waals surface area contributed by atoms with Gasteiger partial charge in [-0.25, -0.2) is 4.98 Å². The highest BCUT2D eigenvalue weighted by molar-refractivity contribution is 7.12. The molecule has 3 aromatic heterocycles. The number of nitrogens with one attached hydrogen (secondary N) is 1. The fraction of sp³-hybridized carbons (Fsp3) is 0.421. The predicted molar refractivity (Wildman–Crippen MR) is 104 cm³/mol. The van der Waals surface area contributed by atoms with E-state index >= 15 is 0 Å². The lowest BCUT2D eigenvalue weighted by molar-refractivity contribution is 0.0685. The molecule has 8 heteroatoms. The molecule has 0 aliphatic carbocycles. The molecule has 7 nitrogen and oxygen atoms in total. The second kappa shape index (κ2) is 6.94. The number of piperidine rings is 1. The third-order valence-electron chi connectivity index (χ3n) is 5.38. The number of thiophene rings is 1. The summed E-state index contributed by atoms with van der Waals surface area (Å²) >= 11 is 1.51. The van der Waals surface area contributed by atoms with Crippen molar-refractivity contribution in [2.75, 3.05) is 19.6 Å². The Morgan fingerprint density at radius 2 is 2.30 bits per heavy atom. The van der Waals surface area contributed by atoms with Crippen LogP contribution >= 0.6 is 11.3 Å². The normalized spacial score (nSPS) is 19.9. The van der Waals surface area contributed by atoms with Crippen LogP contribution in [-0.2, 0) is 13.1 Å². The quantitative estimate of drug-likeness (QED) is 0.755. The fourth-order valence-corrected chi connectivity index (χ4v) is 4.72. The zero-order valence-corrected chi connectivity index (χ0v) is 15.9. The van der Waals surface area contributed by atoms with Crippen LogP contribution in [0.1, 0.15) is 34.2 Å². The molecule has 0 aromatic carbocycles. The molecule has 2 aliphatic heterocycles. The van der Waals surface area contributed by atoms with E-state index in [1.54, 1.807) is 0 Å². The van der Waals surface area contributed by atoms with Crippen molar-refractivity contribution in [1.82, 2.24) is 29.5 Å². The minimum Gasteiger partial charge on any atom is -0.336 e. The second-order valence-electron chi connectivity index (χ2n) is 7.10. The summed E-state index contributed by atoms with van der Waals surface area (Å²) in [6.45, 7) is 4.23. The average molecular weight is 382 g/mol. The molecule has 5 heterocycles. The largest absolute Gasteiger partial charge is 0.336 e. The first-order valence-corrected chi connectivity index (χ1v) is 10.3. The first-order chi connectivity index (χ1) is 13.3. The molecule has 140 valence electrons. The Morgan fingerprint density at radius 1 is 1.33 bits per heavy atom. The number of rotatable bonds is 3. The van der Waals surface area contributed by atoms with Gasteiger partial charge in [0, 0.05) is 38.6 Å². The van der Waals surface area contributed by atoms with Crippen molar-refractivity contribution in [2.24, 2.45) is 0 Å². The molecule has 1 saturated heterocycles. The van der Waals surface area contributed by atoms with Crippen molar-refractivity contribution in [3.8, 4) is 11.5 Å². The maximum absolute atomic E-state index is 12.8. The number of carbonyl (C=O) groups excluding carboxylic acids is 1. The van der Waals surface area contributed by atoms with Gasteiger partial charge in [0.05, 0.1) is 23.2 Å². The molecule has 0 radical (unpaired) electrons. The van der Waals surface area contributed by atoms with E-state index in [0.717, 1.165) is 62.0 Å². The Kier molecular flexibility index (Phi) is 4.29. The summed E-state index contributed by atoms with van der Waals surface area (Å²) in [5, 5.41) is 10.1. The number of imidazole rings is 1. The van der Waals surface area contributed by atoms with Crippen LogP contribution in [0.15, 0.2) is 36.0 Å². The number of nitrogens with zero attached hydrogens (tertiary/aromatic N) is 5. The van der Waals surface area contributed by atoms with Crippen molar-refractivity contribution in [2.45, 2.75) is 32.0 Å². The topological polar surface area (TPSA) is 68.0 Å². The standard InChI is InChI=1S/C19H22N6OS/c26-19(17-4-2-10-27-17)23-7-1-3-14(13-23)24-8-6-21-18(24)16-11-15-12-20-5-9-25(15)22-16/h2,4,6,8,10-11,14,20H,1,3,5,7,9,12-13H2/t14-/m1/s1. The number of hydrogen-bond acceptors (Lipinski definition) is 5. The molecule has 1 atom stereocenters. The summed E-state index contributed by atoms with van der Waals surface area (Å²) in [6.07, 6.45) is 5.91. The summed E-state index contributed by atoms with van der Waals surface area (Å²) in [4.78, 5) is 20.1. The molecule has 5 rings (SSSR count). The van der Waals surface area contributed by atoms with E-state index in [1.165, 1.54) is 17.0 Å². The Bertz CT molecular complexity index is 920. The van der Waals surface area contributed by atoms with E-state index in [9.17, 15) is 4.79 Å². The van der Waals surface area contributed by atoms with Gasteiger partial charge >= 0.3 is 0 Å². The van der Waals surface area contributed by atoms with Gasteiger partial charge in [-0.15, -0.1) is 11.3 Å². The lowest BCUT2D eigenvalue weighted by Gasteiger charge is -2.33. The second-order valence-corrected chi connectivity index (χ2v) is 8.05. The first kappa shape index (κ1) is 16.7. The highest BCUT2D eigenvalue weighted by Crippen LogP contribution is 2.28. The molecule has 0 spiro atoms. The Hall–Kier alpha value is -2.45. The van der Waals surface area contributed by atoms with Crippen LogP contribution in [0.2, 0.25) is 0 Å². The van der Waals surface area contributed by atoms with Crippen molar-refractivity contribution in [3.63, 3.8) is 0 Å². The zero-order chi connectivity index (χ0) is 18.2. The molecule has 0 saturated carbocycles. The number of fused-ring (bicyclic) bond motifs is 1. The Morgan fingerprint density at radius 3 is 3.15 bits per heavy atom. The van der Waals surface area contributed by atoms with Gasteiger partial charge in [-0.05, 0) is 30.4 Å². The summed E-state index contributed by atoms with van der Waals surface area (Å²) < 4.78 is 4.27. The summed E-state index contributed by atoms with van der Waals surface area (Å²) in [5.41, 5.74) is 2.12. The van der Waals surface area contributed by atoms with Crippen LogP contribution in [0.5, 0.6) is 0 Å². The van der Waals surface area contributed by atoms with E-state index in [1.807, 2.05) is 34.8 Å². The third-order valence-corrected chi connectivity index (χ3v) is 6.23. The van der Waals surface area contributed by atoms with Gasteiger partial charge in [0.1, 0.15) is 5.69 Å². The molecular weight excluding hydrogens is 360 g/mol. The third kappa shape index (κ3) is 3.08. The van der Waals surface area contributed by atoms with Crippen LogP contribution < -0.4 is 5.32 Å². The SMILES string of the molecule is O=C(c1cccs1)N1CCC[C@@H](n2ccnc2-c2cc3n(n2)CCNC3)C1. The van der Waals surface area contributed by atoms with Crippen molar-refractivity contribution in [1.29, 1.82) is 0 Å². The van der Waals surface area contributed by atoms with Gasteiger partial charge in [0.2, 0.25) is 0 Å². The highest BCUT2D eigenvalue weighted by Gasteiger charge is 2.28. The Balaban J connectivity index is 1.40. The minimum absolute atomic E-state index is 0.139. The number of amides is 1. The van der Waals surface area contributed by atoms with Crippen molar-refractivity contribution >= 4 is 17.2 Å². The molecule has 0 unspecified atom stereocenters. The first-order valence-electron chi connectivity index (χ1n) is 9.43. The lowest BCUT2D eigenvalue weighted by Crippen LogP contribution is -2.40. The zero-order valence-electron chi connectivity index (χ0n) is 15.0. The predicted octanol–water partition coefficient (Wildman–Crippen LogP) is 2.39. The van der Waals surface area contributed by atoms with E-state index in [0.29, 0.717) is 0 Å². The monoisotopic (exact) mass is 382 g/mol. The van der Waals surface area contributed by atoms with E-state index in [2.05, 4.69) is 25.6 Å². The van der Waals surface area contributed by atoms with Crippen LogP contribution in [0.4, 0.5) is 0 Å². The molecule has 27 heavy (non-hydrogen) atoms. The number of carbonyl (C=O) groups is 1. The molecule has 1 fully saturated rings. The van der Waals surface area contributed by atoms with Crippen LogP contribution in [0, 0.1) is 0 Å². The highest BCUT2D eigenvalue weighted by atomic mass is 32.1. The van der Waals surface area contributed by atoms with Gasteiger partial charge in [0.25, 0.3) is 5.91 Å². The molecule has 0 bridgehead atoms. The molecule has 1 amide bonds. The molecular formula is C19H22N6OS. The van der Waals surface area contributed by atoms with Crippen LogP contribution in [-0.4, -0.2) is 49.8 Å². The maximum atomic E-state index is 12.8. The fourth-order valence-electron chi connectivity index (χ4n) is 4.03. The lowest BCUT2D eigenvalue weighted by atomic mass is 10.0. The molecule has 3 aromatic rings. The van der Waals surface area contributed by atoms with Gasteiger partial charge in [-0.2, -0.15) is 5.10 Å². The van der Waals surface area contributed by atoms with Gasteiger partial charge in [-0.1, -0.05) is 6.07 Å². The molecule has 2 aliphatic rings. The average Bonchev–Trinajstić information content (AvgIpc) is 3.47. The Labute approximate surface area is 161 Å². The van der Waals surface area contributed by atoms with E-state index < -0.39 is 0 Å². The number of aromatic nitrogens is 4. The number of hydrogen-bond donors (Lipinski definition) is 1. The van der Waals surface area contributed by atoms with Crippen LogP contribution in [0.3, 0.4) is 0 Å². The van der Waals surface area contributed by atoms with Crippen molar-refractivity contribution < 1.29 is 4.79 Å². The van der Waals surface area contributed by atoms with Crippen LogP contribution in [0.25, 0.3) is 11.5 Å². The smallest absolute Gasteiger partial charge is 0.263 e.